The van der Waals surface area contributed by atoms with Crippen LogP contribution in [0, 0.1) is 5.82 Å². The minimum absolute atomic E-state index is 0.170. The van der Waals surface area contributed by atoms with Gasteiger partial charge in [-0.25, -0.2) is 4.39 Å². The number of carbonyl (C=O) groups is 1. The maximum atomic E-state index is 13.0. The van der Waals surface area contributed by atoms with Crippen molar-refractivity contribution in [3.63, 3.8) is 0 Å². The first-order valence-electron chi connectivity index (χ1n) is 8.10. The predicted octanol–water partition coefficient (Wildman–Crippen LogP) is 3.48. The van der Waals surface area contributed by atoms with Gasteiger partial charge in [0.1, 0.15) is 5.82 Å². The molecule has 1 fully saturated rings. The van der Waals surface area contributed by atoms with Gasteiger partial charge in [-0.2, -0.15) is 0 Å². The summed E-state index contributed by atoms with van der Waals surface area (Å²) in [6.07, 6.45) is 0.430. The van der Waals surface area contributed by atoms with Gasteiger partial charge in [0, 0.05) is 37.2 Å². The zero-order valence-corrected chi connectivity index (χ0v) is 15.0. The second-order valence-corrected chi connectivity index (χ2v) is 6.91. The van der Waals surface area contributed by atoms with Crippen LogP contribution < -0.4 is 0 Å². The highest BCUT2D eigenvalue weighted by Gasteiger charge is 2.21. The van der Waals surface area contributed by atoms with Gasteiger partial charge in [0.05, 0.1) is 6.42 Å². The van der Waals surface area contributed by atoms with Crippen molar-refractivity contribution in [2.75, 3.05) is 26.2 Å². The van der Waals surface area contributed by atoms with E-state index in [4.69, 9.17) is 0 Å². The van der Waals surface area contributed by atoms with E-state index in [2.05, 4.69) is 20.8 Å². The summed E-state index contributed by atoms with van der Waals surface area (Å²) in [5.41, 5.74) is 2.13. The summed E-state index contributed by atoms with van der Waals surface area (Å²) in [4.78, 5) is 16.7. The van der Waals surface area contributed by atoms with E-state index in [0.717, 1.165) is 48.3 Å². The van der Waals surface area contributed by atoms with E-state index in [1.807, 2.05) is 41.3 Å². The van der Waals surface area contributed by atoms with Gasteiger partial charge >= 0.3 is 0 Å². The van der Waals surface area contributed by atoms with Crippen molar-refractivity contribution < 1.29 is 9.18 Å². The third-order valence-corrected chi connectivity index (χ3v) is 5.12. The Morgan fingerprint density at radius 2 is 1.67 bits per heavy atom. The van der Waals surface area contributed by atoms with Gasteiger partial charge in [-0.05, 0) is 29.3 Å². The van der Waals surface area contributed by atoms with Crippen LogP contribution in [0.1, 0.15) is 11.1 Å². The van der Waals surface area contributed by atoms with Crippen molar-refractivity contribution in [1.82, 2.24) is 9.80 Å². The zero-order chi connectivity index (χ0) is 16.9. The van der Waals surface area contributed by atoms with E-state index in [1.54, 1.807) is 0 Å². The molecular weight excluding hydrogens is 371 g/mol. The standard InChI is InChI=1S/C19H20BrFN2O/c20-18-4-2-1-3-16(18)13-19(24)23-11-9-22(10-12-23)14-15-5-7-17(21)8-6-15/h1-8H,9-14H2. The summed E-state index contributed by atoms with van der Waals surface area (Å²) in [5.74, 6) is -0.0374. The molecular formula is C19H20BrFN2O. The Balaban J connectivity index is 1.50. The smallest absolute Gasteiger partial charge is 0.227 e. The predicted molar refractivity (Wildman–Crippen MR) is 96.1 cm³/mol. The first-order valence-corrected chi connectivity index (χ1v) is 8.89. The van der Waals surface area contributed by atoms with Crippen LogP contribution in [-0.4, -0.2) is 41.9 Å². The SMILES string of the molecule is O=C(Cc1ccccc1Br)N1CCN(Cc2ccc(F)cc2)CC1. The van der Waals surface area contributed by atoms with Gasteiger partial charge < -0.3 is 4.90 Å². The first-order chi connectivity index (χ1) is 11.6. The fraction of sp³-hybridized carbons (Fsp3) is 0.316. The highest BCUT2D eigenvalue weighted by atomic mass is 79.9. The number of benzene rings is 2. The Morgan fingerprint density at radius 1 is 1.00 bits per heavy atom. The second kappa shape index (κ2) is 7.90. The van der Waals surface area contributed by atoms with Crippen molar-refractivity contribution in [3.8, 4) is 0 Å². The van der Waals surface area contributed by atoms with Crippen LogP contribution in [-0.2, 0) is 17.8 Å². The molecule has 3 rings (SSSR count). The molecule has 1 heterocycles. The van der Waals surface area contributed by atoms with Crippen LogP contribution in [0.25, 0.3) is 0 Å². The van der Waals surface area contributed by atoms with Crippen LogP contribution in [0.5, 0.6) is 0 Å². The molecule has 0 aromatic heterocycles. The molecule has 0 aliphatic carbocycles. The van der Waals surface area contributed by atoms with Crippen LogP contribution >= 0.6 is 15.9 Å². The number of amides is 1. The summed E-state index contributed by atoms with van der Waals surface area (Å²) >= 11 is 3.49. The van der Waals surface area contributed by atoms with Crippen LogP contribution in [0.2, 0.25) is 0 Å². The molecule has 5 heteroatoms. The normalized spacial score (nSPS) is 15.5. The molecule has 1 saturated heterocycles. The van der Waals surface area contributed by atoms with Gasteiger partial charge in [-0.15, -0.1) is 0 Å². The quantitative estimate of drug-likeness (QED) is 0.797. The van der Waals surface area contributed by atoms with Gasteiger partial charge in [-0.1, -0.05) is 46.3 Å². The lowest BCUT2D eigenvalue weighted by Gasteiger charge is -2.35. The maximum Gasteiger partial charge on any atom is 0.227 e. The van der Waals surface area contributed by atoms with E-state index < -0.39 is 0 Å². The van der Waals surface area contributed by atoms with E-state index in [0.29, 0.717) is 6.42 Å². The highest BCUT2D eigenvalue weighted by Crippen LogP contribution is 2.18. The highest BCUT2D eigenvalue weighted by molar-refractivity contribution is 9.10. The minimum Gasteiger partial charge on any atom is -0.340 e. The molecule has 0 saturated carbocycles. The average molecular weight is 391 g/mol. The monoisotopic (exact) mass is 390 g/mol. The maximum absolute atomic E-state index is 13.0. The van der Waals surface area contributed by atoms with Gasteiger partial charge in [-0.3, -0.25) is 9.69 Å². The Labute approximate surface area is 150 Å². The van der Waals surface area contributed by atoms with Crippen LogP contribution in [0.15, 0.2) is 53.0 Å². The van der Waals surface area contributed by atoms with Gasteiger partial charge in [0.2, 0.25) is 5.91 Å². The number of rotatable bonds is 4. The fourth-order valence-electron chi connectivity index (χ4n) is 2.92. The molecule has 0 N–H and O–H groups in total. The molecule has 0 spiro atoms. The van der Waals surface area contributed by atoms with Crippen molar-refractivity contribution in [1.29, 1.82) is 0 Å². The molecule has 24 heavy (non-hydrogen) atoms. The summed E-state index contributed by atoms with van der Waals surface area (Å²) in [7, 11) is 0. The molecule has 2 aromatic carbocycles. The summed E-state index contributed by atoms with van der Waals surface area (Å²) in [5, 5.41) is 0. The first kappa shape index (κ1) is 17.1. The lowest BCUT2D eigenvalue weighted by Crippen LogP contribution is -2.48. The molecule has 1 aliphatic heterocycles. The van der Waals surface area contributed by atoms with E-state index in [1.165, 1.54) is 12.1 Å². The number of hydrogen-bond donors (Lipinski definition) is 0. The largest absolute Gasteiger partial charge is 0.340 e. The van der Waals surface area contributed by atoms with E-state index >= 15 is 0 Å². The molecule has 0 bridgehead atoms. The Hall–Kier alpha value is -1.72. The number of halogens is 2. The molecule has 3 nitrogen and oxygen atoms in total. The van der Waals surface area contributed by atoms with Gasteiger partial charge in [0.25, 0.3) is 0 Å². The molecule has 126 valence electrons. The number of nitrogens with zero attached hydrogens (tertiary/aromatic N) is 2. The Morgan fingerprint density at radius 3 is 2.33 bits per heavy atom. The molecule has 0 radical (unpaired) electrons. The van der Waals surface area contributed by atoms with Crippen LogP contribution in [0.4, 0.5) is 4.39 Å². The molecule has 1 amide bonds. The summed E-state index contributed by atoms with van der Waals surface area (Å²) in [6.45, 7) is 3.97. The van der Waals surface area contributed by atoms with Crippen molar-refractivity contribution >= 4 is 21.8 Å². The molecule has 0 unspecified atom stereocenters. The summed E-state index contributed by atoms with van der Waals surface area (Å²) < 4.78 is 13.9. The minimum atomic E-state index is -0.207. The Kier molecular flexibility index (Phi) is 5.63. The van der Waals surface area contributed by atoms with Crippen LogP contribution in [0.3, 0.4) is 0 Å². The van der Waals surface area contributed by atoms with Gasteiger partial charge in [0.15, 0.2) is 0 Å². The zero-order valence-electron chi connectivity index (χ0n) is 13.4. The molecule has 0 atom stereocenters. The average Bonchev–Trinajstić information content (AvgIpc) is 2.59. The third-order valence-electron chi connectivity index (χ3n) is 4.34. The third kappa shape index (κ3) is 4.42. The molecule has 1 aliphatic rings. The number of hydrogen-bond acceptors (Lipinski definition) is 2. The van der Waals surface area contributed by atoms with E-state index in [-0.39, 0.29) is 11.7 Å². The fourth-order valence-corrected chi connectivity index (χ4v) is 3.34. The summed E-state index contributed by atoms with van der Waals surface area (Å²) in [6, 6.07) is 14.5. The van der Waals surface area contributed by atoms with Crippen molar-refractivity contribution in [2.24, 2.45) is 0 Å². The number of carbonyl (C=O) groups excluding carboxylic acids is 1. The molecule has 2 aromatic rings. The van der Waals surface area contributed by atoms with E-state index in [9.17, 15) is 9.18 Å². The van der Waals surface area contributed by atoms with Crippen molar-refractivity contribution in [3.05, 3.63) is 69.9 Å². The lowest BCUT2D eigenvalue weighted by atomic mass is 10.1. The Bertz CT molecular complexity index is 697. The topological polar surface area (TPSA) is 23.6 Å². The lowest BCUT2D eigenvalue weighted by molar-refractivity contribution is -0.132. The van der Waals surface area contributed by atoms with Crippen molar-refractivity contribution in [2.45, 2.75) is 13.0 Å². The number of piperazine rings is 1. The second-order valence-electron chi connectivity index (χ2n) is 6.05.